The smallest absolute Gasteiger partial charge is 0.305 e. The average molecular weight is 766 g/mol. The molecule has 54 heavy (non-hydrogen) atoms. The van der Waals surface area contributed by atoms with E-state index in [1.165, 1.54) is 186 Å². The van der Waals surface area contributed by atoms with Crippen LogP contribution in [-0.4, -0.2) is 47.4 Å². The van der Waals surface area contributed by atoms with Crippen LogP contribution in [0.1, 0.15) is 271 Å². The van der Waals surface area contributed by atoms with Gasteiger partial charge in [-0.1, -0.05) is 232 Å². The molecule has 6 nitrogen and oxygen atoms in total. The molecule has 0 aliphatic carbocycles. The molecule has 0 aliphatic heterocycles. The highest BCUT2D eigenvalue weighted by atomic mass is 16.5. The number of rotatable bonds is 45. The first-order chi connectivity index (χ1) is 26.5. The number of amides is 1. The monoisotopic (exact) mass is 766 g/mol. The van der Waals surface area contributed by atoms with Gasteiger partial charge in [0.1, 0.15) is 0 Å². The van der Waals surface area contributed by atoms with Gasteiger partial charge in [-0.05, 0) is 25.7 Å². The van der Waals surface area contributed by atoms with E-state index in [0.29, 0.717) is 25.9 Å². The summed E-state index contributed by atoms with van der Waals surface area (Å²) >= 11 is 0. The summed E-state index contributed by atoms with van der Waals surface area (Å²) in [6.07, 6.45) is 47.8. The van der Waals surface area contributed by atoms with Crippen molar-refractivity contribution in [3.63, 3.8) is 0 Å². The molecule has 0 fully saturated rings. The van der Waals surface area contributed by atoms with Crippen LogP contribution in [0.4, 0.5) is 0 Å². The molecule has 1 amide bonds. The predicted molar refractivity (Wildman–Crippen MR) is 232 cm³/mol. The van der Waals surface area contributed by atoms with Gasteiger partial charge < -0.3 is 20.3 Å². The first-order valence-corrected chi connectivity index (χ1v) is 24.3. The highest BCUT2D eigenvalue weighted by Gasteiger charge is 2.20. The molecular weight excluding hydrogens is 671 g/mol. The van der Waals surface area contributed by atoms with Crippen molar-refractivity contribution in [2.24, 2.45) is 0 Å². The summed E-state index contributed by atoms with van der Waals surface area (Å²) in [7, 11) is 0. The van der Waals surface area contributed by atoms with Gasteiger partial charge in [0.15, 0.2) is 0 Å². The molecular formula is C48H95NO5. The Balaban J connectivity index is 3.41. The van der Waals surface area contributed by atoms with Gasteiger partial charge in [0.2, 0.25) is 5.91 Å². The van der Waals surface area contributed by atoms with E-state index >= 15 is 0 Å². The average Bonchev–Trinajstić information content (AvgIpc) is 3.17. The van der Waals surface area contributed by atoms with Gasteiger partial charge >= 0.3 is 5.97 Å². The van der Waals surface area contributed by atoms with Crippen LogP contribution in [-0.2, 0) is 14.3 Å². The van der Waals surface area contributed by atoms with Crippen LogP contribution in [0.5, 0.6) is 0 Å². The maximum absolute atomic E-state index is 12.4. The highest BCUT2D eigenvalue weighted by molar-refractivity contribution is 5.76. The second-order valence-electron chi connectivity index (χ2n) is 16.8. The first-order valence-electron chi connectivity index (χ1n) is 24.3. The van der Waals surface area contributed by atoms with Crippen molar-refractivity contribution in [3.05, 3.63) is 0 Å². The molecule has 2 atom stereocenters. The Morgan fingerprint density at radius 3 is 1.13 bits per heavy atom. The van der Waals surface area contributed by atoms with Crippen molar-refractivity contribution >= 4 is 11.9 Å². The summed E-state index contributed by atoms with van der Waals surface area (Å²) in [5, 5.41) is 23.1. The van der Waals surface area contributed by atoms with Gasteiger partial charge in [-0.2, -0.15) is 0 Å². The maximum Gasteiger partial charge on any atom is 0.305 e. The Morgan fingerprint density at radius 2 is 0.759 bits per heavy atom. The number of esters is 1. The van der Waals surface area contributed by atoms with Gasteiger partial charge in [0, 0.05) is 12.8 Å². The lowest BCUT2D eigenvalue weighted by molar-refractivity contribution is -0.143. The van der Waals surface area contributed by atoms with E-state index in [-0.39, 0.29) is 18.5 Å². The van der Waals surface area contributed by atoms with Crippen LogP contribution < -0.4 is 5.32 Å². The number of ether oxygens (including phenoxy) is 1. The third-order valence-electron chi connectivity index (χ3n) is 11.4. The molecule has 0 heterocycles. The summed E-state index contributed by atoms with van der Waals surface area (Å²) in [6.45, 7) is 4.92. The van der Waals surface area contributed by atoms with Gasteiger partial charge in [-0.25, -0.2) is 0 Å². The number of carbonyl (C=O) groups is 2. The topological polar surface area (TPSA) is 95.9 Å². The molecule has 0 aromatic heterocycles. The molecule has 0 bridgehead atoms. The summed E-state index contributed by atoms with van der Waals surface area (Å²) in [5.74, 6) is -0.0469. The molecule has 2 unspecified atom stereocenters. The van der Waals surface area contributed by atoms with E-state index in [0.717, 1.165) is 51.4 Å². The second-order valence-corrected chi connectivity index (χ2v) is 16.8. The number of aliphatic hydroxyl groups is 2. The normalized spacial score (nSPS) is 12.6. The number of nitrogens with one attached hydrogen (secondary N) is 1. The Morgan fingerprint density at radius 1 is 0.444 bits per heavy atom. The standard InChI is InChI=1S/C48H95NO5/c1-3-5-7-9-11-13-15-18-22-26-30-34-38-42-48(53)54-43-39-35-31-27-23-20-17-16-19-21-25-29-33-37-41-47(52)49-45(44-50)46(51)40-36-32-28-24-14-12-10-8-6-4-2/h45-46,50-51H,3-44H2,1-2H3,(H,49,52). The Bertz CT molecular complexity index is 761. The zero-order valence-corrected chi connectivity index (χ0v) is 36.5. The molecule has 0 spiro atoms. The quantitative estimate of drug-likeness (QED) is 0.0424. The molecule has 0 radical (unpaired) electrons. The minimum Gasteiger partial charge on any atom is -0.466 e. The molecule has 0 saturated carbocycles. The highest BCUT2D eigenvalue weighted by Crippen LogP contribution is 2.16. The predicted octanol–water partition coefficient (Wildman–Crippen LogP) is 14.0. The number of unbranched alkanes of at least 4 members (excludes halogenated alkanes) is 34. The lowest BCUT2D eigenvalue weighted by Gasteiger charge is -2.22. The van der Waals surface area contributed by atoms with E-state index in [1.54, 1.807) is 0 Å². The minimum absolute atomic E-state index is 0.000614. The van der Waals surface area contributed by atoms with Crippen molar-refractivity contribution in [2.45, 2.75) is 283 Å². The number of aliphatic hydroxyl groups excluding tert-OH is 2. The van der Waals surface area contributed by atoms with Crippen LogP contribution in [0.3, 0.4) is 0 Å². The van der Waals surface area contributed by atoms with Gasteiger partial charge in [0.05, 0.1) is 25.4 Å². The number of hydrogen-bond donors (Lipinski definition) is 3. The molecule has 0 saturated heterocycles. The van der Waals surface area contributed by atoms with E-state index in [2.05, 4.69) is 19.2 Å². The Hall–Kier alpha value is -1.14. The van der Waals surface area contributed by atoms with Gasteiger partial charge in [-0.15, -0.1) is 0 Å². The van der Waals surface area contributed by atoms with Crippen molar-refractivity contribution in [2.75, 3.05) is 13.2 Å². The molecule has 3 N–H and O–H groups in total. The lowest BCUT2D eigenvalue weighted by Crippen LogP contribution is -2.45. The van der Waals surface area contributed by atoms with E-state index in [4.69, 9.17) is 4.74 Å². The van der Waals surface area contributed by atoms with Gasteiger partial charge in [-0.3, -0.25) is 9.59 Å². The fourth-order valence-electron chi connectivity index (χ4n) is 7.64. The summed E-state index contributed by atoms with van der Waals surface area (Å²) in [6, 6.07) is -0.545. The Labute approximate surface area is 336 Å². The largest absolute Gasteiger partial charge is 0.466 e. The van der Waals surface area contributed by atoms with E-state index in [9.17, 15) is 19.8 Å². The third kappa shape index (κ3) is 40.5. The van der Waals surface area contributed by atoms with Crippen molar-refractivity contribution < 1.29 is 24.5 Å². The van der Waals surface area contributed by atoms with Crippen molar-refractivity contribution in [1.82, 2.24) is 5.32 Å². The molecule has 6 heteroatoms. The molecule has 322 valence electrons. The van der Waals surface area contributed by atoms with E-state index < -0.39 is 12.1 Å². The third-order valence-corrected chi connectivity index (χ3v) is 11.4. The summed E-state index contributed by atoms with van der Waals surface area (Å²) in [4.78, 5) is 24.4. The maximum atomic E-state index is 12.4. The molecule has 0 aromatic carbocycles. The SMILES string of the molecule is CCCCCCCCCCCCCCCC(=O)OCCCCCCCCCCCCCCCCC(=O)NC(CO)C(O)CCCCCCCCCCCC. The van der Waals surface area contributed by atoms with E-state index in [1.807, 2.05) is 0 Å². The second kappa shape index (κ2) is 44.6. The Kier molecular flexibility index (Phi) is 43.6. The van der Waals surface area contributed by atoms with Crippen LogP contribution in [0, 0.1) is 0 Å². The summed E-state index contributed by atoms with van der Waals surface area (Å²) < 4.78 is 5.46. The molecule has 0 rings (SSSR count). The fraction of sp³-hybridized carbons (Fsp3) is 0.958. The van der Waals surface area contributed by atoms with Crippen molar-refractivity contribution in [3.8, 4) is 0 Å². The van der Waals surface area contributed by atoms with Crippen LogP contribution in [0.2, 0.25) is 0 Å². The van der Waals surface area contributed by atoms with Crippen molar-refractivity contribution in [1.29, 1.82) is 0 Å². The molecule has 0 aromatic rings. The zero-order valence-electron chi connectivity index (χ0n) is 36.5. The minimum atomic E-state index is -0.667. The van der Waals surface area contributed by atoms with Crippen LogP contribution >= 0.6 is 0 Å². The number of carbonyl (C=O) groups excluding carboxylic acids is 2. The van der Waals surface area contributed by atoms with Crippen LogP contribution in [0.15, 0.2) is 0 Å². The van der Waals surface area contributed by atoms with Crippen LogP contribution in [0.25, 0.3) is 0 Å². The molecule has 0 aliphatic rings. The first kappa shape index (κ1) is 52.9. The summed E-state index contributed by atoms with van der Waals surface area (Å²) in [5.41, 5.74) is 0. The number of hydrogen-bond acceptors (Lipinski definition) is 5. The fourth-order valence-corrected chi connectivity index (χ4v) is 7.64. The zero-order chi connectivity index (χ0) is 39.4. The lowest BCUT2D eigenvalue weighted by atomic mass is 10.0. The van der Waals surface area contributed by atoms with Gasteiger partial charge in [0.25, 0.3) is 0 Å².